The summed E-state index contributed by atoms with van der Waals surface area (Å²) in [5.41, 5.74) is 0. The highest BCUT2D eigenvalue weighted by molar-refractivity contribution is 5.95. The van der Waals surface area contributed by atoms with Crippen LogP contribution in [0.25, 0.3) is 0 Å². The number of piperidine rings is 1. The van der Waals surface area contributed by atoms with E-state index < -0.39 is 0 Å². The highest BCUT2D eigenvalue weighted by Gasteiger charge is 2.35. The van der Waals surface area contributed by atoms with Gasteiger partial charge in [-0.05, 0) is 63.6 Å². The van der Waals surface area contributed by atoms with Crippen molar-refractivity contribution in [2.24, 2.45) is 17.8 Å². The van der Waals surface area contributed by atoms with E-state index in [0.717, 1.165) is 38.3 Å². The molecule has 1 aliphatic carbocycles. The number of epoxide rings is 1. The number of ketones is 1. The molecule has 2 bridgehead atoms. The van der Waals surface area contributed by atoms with E-state index in [4.69, 9.17) is 9.15 Å². The molecular formula is C18H26N2O3. The molecule has 1 saturated carbocycles. The van der Waals surface area contributed by atoms with Crippen LogP contribution in [-0.2, 0) is 4.74 Å². The van der Waals surface area contributed by atoms with E-state index in [1.165, 1.54) is 12.8 Å². The Labute approximate surface area is 137 Å². The maximum absolute atomic E-state index is 12.8. The fourth-order valence-electron chi connectivity index (χ4n) is 4.17. The molecule has 3 aliphatic rings. The predicted octanol–water partition coefficient (Wildman–Crippen LogP) is 3.03. The Balaban J connectivity index is 1.40. The smallest absolute Gasteiger partial charge is 0.201 e. The van der Waals surface area contributed by atoms with Crippen LogP contribution in [0.1, 0.15) is 49.6 Å². The zero-order valence-electron chi connectivity index (χ0n) is 13.7. The molecule has 0 spiro atoms. The Bertz CT molecular complexity index is 570. The quantitative estimate of drug-likeness (QED) is 0.660. The van der Waals surface area contributed by atoms with Crippen LogP contribution < -0.4 is 10.6 Å². The maximum Gasteiger partial charge on any atom is 0.201 e. The lowest BCUT2D eigenvalue weighted by Crippen LogP contribution is -2.39. The van der Waals surface area contributed by atoms with Gasteiger partial charge in [-0.3, -0.25) is 4.79 Å². The molecule has 2 N–H and O–H groups in total. The molecule has 3 fully saturated rings. The van der Waals surface area contributed by atoms with Gasteiger partial charge in [-0.1, -0.05) is 6.42 Å². The van der Waals surface area contributed by atoms with Crippen LogP contribution >= 0.6 is 0 Å². The van der Waals surface area contributed by atoms with Crippen molar-refractivity contribution >= 4 is 11.7 Å². The Hall–Kier alpha value is -1.33. The number of rotatable bonds is 4. The first-order valence-electron chi connectivity index (χ1n) is 8.96. The van der Waals surface area contributed by atoms with E-state index in [0.29, 0.717) is 17.6 Å². The lowest BCUT2D eigenvalue weighted by Gasteiger charge is -2.34. The summed E-state index contributed by atoms with van der Waals surface area (Å²) in [7, 11) is 0. The van der Waals surface area contributed by atoms with Gasteiger partial charge in [-0.2, -0.15) is 0 Å². The number of Topliss-reactive ketones (excluding diaryl/α,β-unsaturated/α-hetero) is 1. The van der Waals surface area contributed by atoms with Crippen LogP contribution in [0, 0.1) is 17.8 Å². The Kier molecular flexibility index (Phi) is 4.16. The largest absolute Gasteiger partial charge is 0.438 e. The molecule has 4 rings (SSSR count). The van der Waals surface area contributed by atoms with Gasteiger partial charge in [0.25, 0.3) is 0 Å². The van der Waals surface area contributed by atoms with Crippen molar-refractivity contribution in [2.45, 2.75) is 51.4 Å². The van der Waals surface area contributed by atoms with E-state index in [9.17, 15) is 4.79 Å². The number of hydrogen-bond donors (Lipinski definition) is 2. The van der Waals surface area contributed by atoms with Crippen molar-refractivity contribution in [1.29, 1.82) is 0 Å². The predicted molar refractivity (Wildman–Crippen MR) is 87.4 cm³/mol. The molecule has 0 amide bonds. The summed E-state index contributed by atoms with van der Waals surface area (Å²) in [5, 5.41) is 6.68. The summed E-state index contributed by atoms with van der Waals surface area (Å²) >= 11 is 0. The Morgan fingerprint density at radius 3 is 2.87 bits per heavy atom. The molecule has 5 nitrogen and oxygen atoms in total. The Morgan fingerprint density at radius 1 is 1.22 bits per heavy atom. The van der Waals surface area contributed by atoms with Gasteiger partial charge in [0.15, 0.2) is 17.9 Å². The highest BCUT2D eigenvalue weighted by atomic mass is 16.6. The molecule has 3 heterocycles. The van der Waals surface area contributed by atoms with Crippen LogP contribution in [-0.4, -0.2) is 31.2 Å². The molecule has 5 atom stereocenters. The van der Waals surface area contributed by atoms with E-state index >= 15 is 0 Å². The molecule has 126 valence electrons. The monoisotopic (exact) mass is 318 g/mol. The standard InChI is InChI=1S/C18H26N2O3/c1-11-18(22-11)20-16-6-5-15(23-16)17(21)14-4-2-3-12-7-13(8-14)10-19-9-12/h5-6,11-14,18-20H,2-4,7-10H2,1H3. The number of carbonyl (C=O) groups is 1. The van der Waals surface area contributed by atoms with Crippen LogP contribution in [0.5, 0.6) is 0 Å². The molecule has 1 aromatic heterocycles. The first kappa shape index (κ1) is 15.2. The molecular weight excluding hydrogens is 292 g/mol. The summed E-state index contributed by atoms with van der Waals surface area (Å²) in [5.74, 6) is 2.85. The normalized spacial score (nSPS) is 36.8. The summed E-state index contributed by atoms with van der Waals surface area (Å²) in [6, 6.07) is 3.64. The molecule has 0 aromatic carbocycles. The van der Waals surface area contributed by atoms with Crippen molar-refractivity contribution in [3.05, 3.63) is 17.9 Å². The molecule has 1 aromatic rings. The number of anilines is 1. The Morgan fingerprint density at radius 2 is 2.04 bits per heavy atom. The van der Waals surface area contributed by atoms with Gasteiger partial charge < -0.3 is 19.8 Å². The summed E-state index contributed by atoms with van der Waals surface area (Å²) < 4.78 is 11.0. The second-order valence-electron chi connectivity index (χ2n) is 7.42. The number of furan rings is 1. The maximum atomic E-state index is 12.8. The third-order valence-corrected chi connectivity index (χ3v) is 5.53. The van der Waals surface area contributed by atoms with Gasteiger partial charge in [0, 0.05) is 12.0 Å². The van der Waals surface area contributed by atoms with Gasteiger partial charge in [-0.25, -0.2) is 0 Å². The fourth-order valence-corrected chi connectivity index (χ4v) is 4.17. The van der Waals surface area contributed by atoms with Crippen molar-refractivity contribution in [3.8, 4) is 0 Å². The summed E-state index contributed by atoms with van der Waals surface area (Å²) in [6.45, 7) is 4.22. The highest BCUT2D eigenvalue weighted by Crippen LogP contribution is 2.34. The lowest BCUT2D eigenvalue weighted by atomic mass is 9.76. The molecule has 5 heteroatoms. The topological polar surface area (TPSA) is 66.8 Å². The molecule has 23 heavy (non-hydrogen) atoms. The molecule has 0 radical (unpaired) electrons. The summed E-state index contributed by atoms with van der Waals surface area (Å²) in [4.78, 5) is 12.8. The van der Waals surface area contributed by atoms with Crippen LogP contribution in [0.3, 0.4) is 0 Å². The third kappa shape index (κ3) is 3.45. The molecule has 2 aliphatic heterocycles. The number of ether oxygens (including phenoxy) is 1. The lowest BCUT2D eigenvalue weighted by molar-refractivity contribution is 0.0830. The zero-order chi connectivity index (χ0) is 15.8. The second-order valence-corrected chi connectivity index (χ2v) is 7.42. The first-order valence-corrected chi connectivity index (χ1v) is 8.96. The average molecular weight is 318 g/mol. The van der Waals surface area contributed by atoms with E-state index in [1.54, 1.807) is 6.07 Å². The number of carbonyl (C=O) groups excluding carboxylic acids is 1. The number of hydrogen-bond acceptors (Lipinski definition) is 5. The fraction of sp³-hybridized carbons (Fsp3) is 0.722. The zero-order valence-corrected chi connectivity index (χ0v) is 13.7. The van der Waals surface area contributed by atoms with Gasteiger partial charge in [0.2, 0.25) is 5.78 Å². The summed E-state index contributed by atoms with van der Waals surface area (Å²) in [6.07, 6.45) is 5.90. The van der Waals surface area contributed by atoms with Gasteiger partial charge in [-0.15, -0.1) is 0 Å². The van der Waals surface area contributed by atoms with E-state index in [2.05, 4.69) is 10.6 Å². The third-order valence-electron chi connectivity index (χ3n) is 5.53. The van der Waals surface area contributed by atoms with Crippen molar-refractivity contribution in [1.82, 2.24) is 5.32 Å². The van der Waals surface area contributed by atoms with E-state index in [-0.39, 0.29) is 24.0 Å². The SMILES string of the molecule is CC1OC1Nc1ccc(C(=O)C2CCCC3CNCC(C3)C2)o1. The first-order chi connectivity index (χ1) is 11.2. The number of fused-ring (bicyclic) bond motifs is 2. The minimum Gasteiger partial charge on any atom is -0.438 e. The minimum absolute atomic E-state index is 0.0238. The van der Waals surface area contributed by atoms with E-state index in [1.807, 2.05) is 13.0 Å². The van der Waals surface area contributed by atoms with Crippen LogP contribution in [0.2, 0.25) is 0 Å². The van der Waals surface area contributed by atoms with Crippen molar-refractivity contribution in [2.75, 3.05) is 18.4 Å². The van der Waals surface area contributed by atoms with Gasteiger partial charge in [0.1, 0.15) is 6.10 Å². The van der Waals surface area contributed by atoms with Gasteiger partial charge in [0.05, 0.1) is 0 Å². The number of nitrogens with one attached hydrogen (secondary N) is 2. The van der Waals surface area contributed by atoms with Crippen LogP contribution in [0.15, 0.2) is 16.5 Å². The van der Waals surface area contributed by atoms with Crippen molar-refractivity contribution in [3.63, 3.8) is 0 Å². The average Bonchev–Trinajstić information content (AvgIpc) is 3.03. The minimum atomic E-state index is 0.0238. The van der Waals surface area contributed by atoms with Crippen molar-refractivity contribution < 1.29 is 13.9 Å². The molecule has 2 saturated heterocycles. The van der Waals surface area contributed by atoms with Gasteiger partial charge >= 0.3 is 0 Å². The van der Waals surface area contributed by atoms with Crippen LogP contribution in [0.4, 0.5) is 5.88 Å². The second kappa shape index (κ2) is 6.29. The molecule has 5 unspecified atom stereocenters.